The molecule has 2 aromatic carbocycles. The Morgan fingerprint density at radius 3 is 2.52 bits per heavy atom. The van der Waals surface area contributed by atoms with Crippen molar-refractivity contribution in [3.8, 4) is 0 Å². The smallest absolute Gasteiger partial charge is 0.264 e. The second-order valence-electron chi connectivity index (χ2n) is 8.40. The van der Waals surface area contributed by atoms with E-state index in [4.69, 9.17) is 4.74 Å². The monoisotopic (exact) mass is 465 g/mol. The molecule has 4 rings (SSSR count). The molecule has 1 unspecified atom stereocenters. The molecule has 1 aliphatic rings. The highest BCUT2D eigenvalue weighted by Crippen LogP contribution is 2.28. The van der Waals surface area contributed by atoms with Crippen LogP contribution in [0.3, 0.4) is 0 Å². The third-order valence-corrected chi connectivity index (χ3v) is 8.02. The summed E-state index contributed by atoms with van der Waals surface area (Å²) in [4.78, 5) is 4.85. The van der Waals surface area contributed by atoms with Gasteiger partial charge in [0, 0.05) is 26.9 Å². The number of rotatable bonds is 9. The third kappa shape index (κ3) is 5.43. The van der Waals surface area contributed by atoms with E-state index in [9.17, 15) is 8.42 Å². The van der Waals surface area contributed by atoms with Gasteiger partial charge in [0.2, 0.25) is 0 Å². The molecule has 0 radical (unpaired) electrons. The first-order valence-corrected chi connectivity index (χ1v) is 12.8. The molecule has 6 nitrogen and oxygen atoms in total. The second kappa shape index (κ2) is 10.5. The van der Waals surface area contributed by atoms with Gasteiger partial charge >= 0.3 is 0 Å². The van der Waals surface area contributed by atoms with Crippen LogP contribution >= 0.6 is 0 Å². The number of nitrogens with zero attached hydrogens (tertiary/aromatic N) is 2. The highest BCUT2D eigenvalue weighted by Gasteiger charge is 2.22. The summed E-state index contributed by atoms with van der Waals surface area (Å²) in [6.07, 6.45) is 5.93. The largest absolute Gasteiger partial charge is 0.384 e. The number of aromatic nitrogens is 1. The van der Waals surface area contributed by atoms with E-state index in [1.54, 1.807) is 26.3 Å². The van der Waals surface area contributed by atoms with Crippen molar-refractivity contribution in [3.05, 3.63) is 89.2 Å². The van der Waals surface area contributed by atoms with E-state index in [1.807, 2.05) is 48.7 Å². The first-order valence-electron chi connectivity index (χ1n) is 11.3. The first-order chi connectivity index (χ1) is 16.0. The molecule has 0 bridgehead atoms. The number of aryl methyl sites for hydroxylation is 1. The van der Waals surface area contributed by atoms with Crippen LogP contribution in [0, 0.1) is 0 Å². The lowest BCUT2D eigenvalue weighted by molar-refractivity contribution is 0.202. The van der Waals surface area contributed by atoms with Gasteiger partial charge in [0.25, 0.3) is 10.0 Å². The normalized spacial score (nSPS) is 15.8. The Kier molecular flexibility index (Phi) is 7.42. The SMILES string of the molecule is COCCc1ccc(N(C)S(=O)(=O)c2ccc(CNC3CCCc4cccnc43)cc2)cc1. The summed E-state index contributed by atoms with van der Waals surface area (Å²) in [5.74, 6) is 0. The van der Waals surface area contributed by atoms with Crippen molar-refractivity contribution < 1.29 is 13.2 Å². The minimum Gasteiger partial charge on any atom is -0.384 e. The molecule has 0 spiro atoms. The van der Waals surface area contributed by atoms with Crippen molar-refractivity contribution in [1.29, 1.82) is 0 Å². The number of hydrogen-bond donors (Lipinski definition) is 1. The van der Waals surface area contributed by atoms with Crippen LogP contribution in [0.15, 0.2) is 71.8 Å². The zero-order chi connectivity index (χ0) is 23.3. The third-order valence-electron chi connectivity index (χ3n) is 6.22. The Bertz CT molecular complexity index is 1160. The van der Waals surface area contributed by atoms with E-state index in [1.165, 1.54) is 9.87 Å². The Morgan fingerprint density at radius 1 is 1.06 bits per heavy atom. The summed E-state index contributed by atoms with van der Waals surface area (Å²) in [5.41, 5.74) is 5.24. The molecule has 0 fully saturated rings. The van der Waals surface area contributed by atoms with Gasteiger partial charge in [-0.05, 0) is 72.7 Å². The van der Waals surface area contributed by atoms with Gasteiger partial charge < -0.3 is 10.1 Å². The fourth-order valence-corrected chi connectivity index (χ4v) is 5.41. The molecular formula is C26H31N3O3S. The quantitative estimate of drug-likeness (QED) is 0.511. The Morgan fingerprint density at radius 2 is 1.79 bits per heavy atom. The zero-order valence-corrected chi connectivity index (χ0v) is 20.0. The predicted molar refractivity (Wildman–Crippen MR) is 131 cm³/mol. The van der Waals surface area contributed by atoms with E-state index < -0.39 is 10.0 Å². The zero-order valence-electron chi connectivity index (χ0n) is 19.2. The van der Waals surface area contributed by atoms with Crippen molar-refractivity contribution in [2.24, 2.45) is 0 Å². The number of anilines is 1. The number of sulfonamides is 1. The van der Waals surface area contributed by atoms with E-state index >= 15 is 0 Å². The predicted octanol–water partition coefficient (Wildman–Crippen LogP) is 4.26. The number of benzene rings is 2. The van der Waals surface area contributed by atoms with Crippen LogP contribution in [-0.2, 0) is 34.1 Å². The van der Waals surface area contributed by atoms with Gasteiger partial charge in [0.05, 0.1) is 28.9 Å². The average Bonchev–Trinajstić information content (AvgIpc) is 2.86. The maximum absolute atomic E-state index is 13.1. The average molecular weight is 466 g/mol. The molecule has 3 aromatic rings. The summed E-state index contributed by atoms with van der Waals surface area (Å²) in [5, 5.41) is 3.59. The Balaban J connectivity index is 1.41. The molecule has 0 saturated heterocycles. The Labute approximate surface area is 196 Å². The summed E-state index contributed by atoms with van der Waals surface area (Å²) in [6.45, 7) is 1.30. The van der Waals surface area contributed by atoms with Crippen molar-refractivity contribution >= 4 is 15.7 Å². The summed E-state index contributed by atoms with van der Waals surface area (Å²) >= 11 is 0. The van der Waals surface area contributed by atoms with Gasteiger partial charge in [0.15, 0.2) is 0 Å². The van der Waals surface area contributed by atoms with Gasteiger partial charge in [-0.2, -0.15) is 0 Å². The second-order valence-corrected chi connectivity index (χ2v) is 10.4. The van der Waals surface area contributed by atoms with Crippen molar-refractivity contribution in [2.75, 3.05) is 25.1 Å². The van der Waals surface area contributed by atoms with Crippen LogP contribution in [-0.4, -0.2) is 34.2 Å². The van der Waals surface area contributed by atoms with E-state index in [2.05, 4.69) is 16.4 Å². The van der Waals surface area contributed by atoms with Crippen LogP contribution in [0.25, 0.3) is 0 Å². The van der Waals surface area contributed by atoms with Crippen LogP contribution in [0.4, 0.5) is 5.69 Å². The molecule has 1 aliphatic carbocycles. The van der Waals surface area contributed by atoms with E-state index in [-0.39, 0.29) is 10.9 Å². The lowest BCUT2D eigenvalue weighted by Gasteiger charge is -2.25. The summed E-state index contributed by atoms with van der Waals surface area (Å²) < 4.78 is 32.7. The van der Waals surface area contributed by atoms with Gasteiger partial charge in [-0.15, -0.1) is 0 Å². The maximum atomic E-state index is 13.1. The van der Waals surface area contributed by atoms with Crippen LogP contribution in [0.2, 0.25) is 0 Å². The molecule has 1 N–H and O–H groups in total. The lowest BCUT2D eigenvalue weighted by Crippen LogP contribution is -2.27. The van der Waals surface area contributed by atoms with Gasteiger partial charge in [-0.3, -0.25) is 9.29 Å². The minimum atomic E-state index is -3.64. The highest BCUT2D eigenvalue weighted by atomic mass is 32.2. The first kappa shape index (κ1) is 23.4. The highest BCUT2D eigenvalue weighted by molar-refractivity contribution is 7.92. The van der Waals surface area contributed by atoms with Crippen LogP contribution in [0.1, 0.15) is 41.3 Å². The van der Waals surface area contributed by atoms with Crippen LogP contribution in [0.5, 0.6) is 0 Å². The molecule has 1 aromatic heterocycles. The fourth-order valence-electron chi connectivity index (χ4n) is 4.22. The molecular weight excluding hydrogens is 434 g/mol. The van der Waals surface area contributed by atoms with E-state index in [0.29, 0.717) is 18.8 Å². The molecule has 7 heteroatoms. The molecule has 33 heavy (non-hydrogen) atoms. The molecule has 0 aliphatic heterocycles. The van der Waals surface area contributed by atoms with Gasteiger partial charge in [0.1, 0.15) is 0 Å². The van der Waals surface area contributed by atoms with E-state index in [0.717, 1.165) is 42.5 Å². The van der Waals surface area contributed by atoms with Crippen molar-refractivity contribution in [3.63, 3.8) is 0 Å². The summed E-state index contributed by atoms with van der Waals surface area (Å²) in [6, 6.07) is 19.0. The topological polar surface area (TPSA) is 71.5 Å². The number of pyridine rings is 1. The molecule has 0 amide bonds. The maximum Gasteiger partial charge on any atom is 0.264 e. The fraction of sp³-hybridized carbons (Fsp3) is 0.346. The lowest BCUT2D eigenvalue weighted by atomic mass is 9.92. The van der Waals surface area contributed by atoms with Gasteiger partial charge in [-0.25, -0.2) is 8.42 Å². The number of ether oxygens (including phenoxy) is 1. The Hall–Kier alpha value is -2.74. The molecule has 1 heterocycles. The van der Waals surface area contributed by atoms with Crippen molar-refractivity contribution in [2.45, 2.75) is 43.2 Å². The molecule has 0 saturated carbocycles. The number of fused-ring (bicyclic) bond motifs is 1. The van der Waals surface area contributed by atoms with Gasteiger partial charge in [-0.1, -0.05) is 30.3 Å². The number of hydrogen-bond acceptors (Lipinski definition) is 5. The summed E-state index contributed by atoms with van der Waals surface area (Å²) in [7, 11) is -0.381. The molecule has 1 atom stereocenters. The number of nitrogens with one attached hydrogen (secondary N) is 1. The standard InChI is InChI=1S/C26H31N3O3S/c1-29(23-12-8-20(9-13-23)16-18-32-2)33(30,31)24-14-10-21(11-15-24)19-28-25-7-3-5-22-6-4-17-27-26(22)25/h4,6,8-15,17,25,28H,3,5,7,16,18-19H2,1-2H3. The minimum absolute atomic E-state index is 0.233. The molecule has 174 valence electrons. The number of methoxy groups -OCH3 is 1. The van der Waals surface area contributed by atoms with Crippen LogP contribution < -0.4 is 9.62 Å². The van der Waals surface area contributed by atoms with Crippen molar-refractivity contribution in [1.82, 2.24) is 10.3 Å².